The molecule has 3 nitrogen and oxygen atoms in total. The third-order valence-electron chi connectivity index (χ3n) is 4.96. The van der Waals surface area contributed by atoms with Gasteiger partial charge in [0, 0.05) is 11.1 Å². The van der Waals surface area contributed by atoms with Gasteiger partial charge in [0.05, 0.1) is 5.02 Å². The van der Waals surface area contributed by atoms with E-state index in [4.69, 9.17) is 23.2 Å². The second-order valence-electron chi connectivity index (χ2n) is 6.32. The van der Waals surface area contributed by atoms with Gasteiger partial charge in [-0.3, -0.25) is 0 Å². The minimum absolute atomic E-state index is 0.0617. The number of sulfonamides is 1. The number of nitrogens with one attached hydrogen (secondary N) is 1. The SMILES string of the molecule is C[C@H](NS(=O)(=O)c1cc(Cl)ccc1Cl)[C@H]1C[C@@H]2CC[C@@H]1C2. The van der Waals surface area contributed by atoms with Crippen molar-refractivity contribution in [2.24, 2.45) is 17.8 Å². The van der Waals surface area contributed by atoms with Crippen LogP contribution in [0.3, 0.4) is 0 Å². The molecule has 0 unspecified atom stereocenters. The molecule has 1 aromatic carbocycles. The maximum Gasteiger partial charge on any atom is 0.242 e. The molecular formula is C15H19Cl2NO2S. The molecule has 0 aromatic heterocycles. The fourth-order valence-corrected chi connectivity index (χ4v) is 6.04. The lowest BCUT2D eigenvalue weighted by Gasteiger charge is -2.28. The van der Waals surface area contributed by atoms with Crippen molar-refractivity contribution in [2.75, 3.05) is 0 Å². The summed E-state index contributed by atoms with van der Waals surface area (Å²) in [7, 11) is -3.63. The summed E-state index contributed by atoms with van der Waals surface area (Å²) in [5.41, 5.74) is 0. The highest BCUT2D eigenvalue weighted by atomic mass is 35.5. The molecule has 2 aliphatic carbocycles. The van der Waals surface area contributed by atoms with E-state index in [1.807, 2.05) is 6.92 Å². The summed E-state index contributed by atoms with van der Waals surface area (Å²) in [5.74, 6) is 1.90. The van der Waals surface area contributed by atoms with E-state index in [-0.39, 0.29) is 16.0 Å². The molecule has 1 aromatic rings. The number of halogens is 2. The summed E-state index contributed by atoms with van der Waals surface area (Å²) in [6.45, 7) is 1.96. The van der Waals surface area contributed by atoms with Crippen LogP contribution in [0.15, 0.2) is 23.1 Å². The smallest absolute Gasteiger partial charge is 0.208 e. The van der Waals surface area contributed by atoms with E-state index in [9.17, 15) is 8.42 Å². The van der Waals surface area contributed by atoms with Gasteiger partial charge in [-0.1, -0.05) is 29.6 Å². The maximum atomic E-state index is 12.5. The lowest BCUT2D eigenvalue weighted by atomic mass is 9.84. The van der Waals surface area contributed by atoms with Gasteiger partial charge in [-0.15, -0.1) is 0 Å². The molecule has 2 bridgehead atoms. The minimum Gasteiger partial charge on any atom is -0.208 e. The predicted octanol–water partition coefficient (Wildman–Crippen LogP) is 4.10. The molecule has 2 saturated carbocycles. The number of fused-ring (bicyclic) bond motifs is 2. The van der Waals surface area contributed by atoms with Gasteiger partial charge in [0.2, 0.25) is 10.0 Å². The Hall–Kier alpha value is -0.290. The van der Waals surface area contributed by atoms with E-state index in [0.717, 1.165) is 12.3 Å². The summed E-state index contributed by atoms with van der Waals surface area (Å²) in [6, 6.07) is 4.43. The van der Waals surface area contributed by atoms with Gasteiger partial charge in [-0.05, 0) is 62.1 Å². The predicted molar refractivity (Wildman–Crippen MR) is 85.2 cm³/mol. The zero-order valence-corrected chi connectivity index (χ0v) is 14.2. The van der Waals surface area contributed by atoms with Crippen molar-refractivity contribution in [2.45, 2.75) is 43.5 Å². The highest BCUT2D eigenvalue weighted by molar-refractivity contribution is 7.89. The highest BCUT2D eigenvalue weighted by Gasteiger charge is 2.42. The molecular weight excluding hydrogens is 329 g/mol. The Balaban J connectivity index is 1.78. The van der Waals surface area contributed by atoms with Crippen molar-refractivity contribution in [3.63, 3.8) is 0 Å². The van der Waals surface area contributed by atoms with E-state index < -0.39 is 10.0 Å². The zero-order chi connectivity index (χ0) is 15.2. The molecule has 0 radical (unpaired) electrons. The van der Waals surface area contributed by atoms with Crippen LogP contribution >= 0.6 is 23.2 Å². The lowest BCUT2D eigenvalue weighted by Crippen LogP contribution is -2.40. The first kappa shape index (κ1) is 15.6. The van der Waals surface area contributed by atoms with E-state index in [1.165, 1.54) is 31.4 Å². The molecule has 0 spiro atoms. The third-order valence-corrected chi connectivity index (χ3v) is 7.23. The topological polar surface area (TPSA) is 46.2 Å². The number of hydrogen-bond donors (Lipinski definition) is 1. The molecule has 0 heterocycles. The fraction of sp³-hybridized carbons (Fsp3) is 0.600. The van der Waals surface area contributed by atoms with Crippen molar-refractivity contribution in [1.82, 2.24) is 4.72 Å². The standard InChI is InChI=1S/C15H19Cl2NO2S/c1-9(13-7-10-2-3-11(13)6-10)18-21(19,20)15-8-12(16)4-5-14(15)17/h4-5,8-11,13,18H,2-3,6-7H2,1H3/t9-,10+,11+,13+/m0/s1. The largest absolute Gasteiger partial charge is 0.242 e. The van der Waals surface area contributed by atoms with E-state index in [2.05, 4.69) is 4.72 Å². The van der Waals surface area contributed by atoms with E-state index in [1.54, 1.807) is 6.07 Å². The molecule has 21 heavy (non-hydrogen) atoms. The second kappa shape index (κ2) is 5.73. The van der Waals surface area contributed by atoms with Crippen molar-refractivity contribution < 1.29 is 8.42 Å². The third kappa shape index (κ3) is 3.09. The summed E-state index contributed by atoms with van der Waals surface area (Å²) in [6.07, 6.45) is 4.94. The molecule has 4 atom stereocenters. The molecule has 0 saturated heterocycles. The van der Waals surface area contributed by atoms with Crippen molar-refractivity contribution in [3.05, 3.63) is 28.2 Å². The Kier molecular flexibility index (Phi) is 4.25. The van der Waals surface area contributed by atoms with Crippen LogP contribution in [-0.2, 0) is 10.0 Å². The Morgan fingerprint density at radius 2 is 2.00 bits per heavy atom. The minimum atomic E-state index is -3.63. The van der Waals surface area contributed by atoms with Crippen LogP contribution in [0.2, 0.25) is 10.0 Å². The Morgan fingerprint density at radius 3 is 2.62 bits per heavy atom. The van der Waals surface area contributed by atoms with Gasteiger partial charge in [0.1, 0.15) is 4.90 Å². The number of hydrogen-bond acceptors (Lipinski definition) is 2. The van der Waals surface area contributed by atoms with Crippen molar-refractivity contribution in [3.8, 4) is 0 Å². The summed E-state index contributed by atoms with van der Waals surface area (Å²) < 4.78 is 27.8. The van der Waals surface area contributed by atoms with Gasteiger partial charge in [-0.25, -0.2) is 13.1 Å². The maximum absolute atomic E-state index is 12.5. The van der Waals surface area contributed by atoms with Gasteiger partial charge in [0.15, 0.2) is 0 Å². The Bertz CT molecular complexity index is 647. The molecule has 0 aliphatic heterocycles. The average Bonchev–Trinajstić information content (AvgIpc) is 3.03. The zero-order valence-electron chi connectivity index (χ0n) is 11.9. The van der Waals surface area contributed by atoms with Gasteiger partial charge < -0.3 is 0 Å². The second-order valence-corrected chi connectivity index (χ2v) is 8.85. The monoisotopic (exact) mass is 347 g/mol. The normalized spacial score (nSPS) is 29.8. The van der Waals surface area contributed by atoms with Gasteiger partial charge >= 0.3 is 0 Å². The summed E-state index contributed by atoms with van der Waals surface area (Å²) >= 11 is 11.9. The highest BCUT2D eigenvalue weighted by Crippen LogP contribution is 2.49. The first-order valence-corrected chi connectivity index (χ1v) is 9.58. The number of rotatable bonds is 4. The van der Waals surface area contributed by atoms with Gasteiger partial charge in [-0.2, -0.15) is 0 Å². The van der Waals surface area contributed by atoms with Crippen molar-refractivity contribution >= 4 is 33.2 Å². The van der Waals surface area contributed by atoms with Crippen LogP contribution in [0, 0.1) is 17.8 Å². The lowest BCUT2D eigenvalue weighted by molar-refractivity contribution is 0.280. The average molecular weight is 348 g/mol. The van der Waals surface area contributed by atoms with Crippen LogP contribution in [-0.4, -0.2) is 14.5 Å². The molecule has 2 fully saturated rings. The van der Waals surface area contributed by atoms with Crippen molar-refractivity contribution in [1.29, 1.82) is 0 Å². The summed E-state index contributed by atoms with van der Waals surface area (Å²) in [4.78, 5) is 0.0617. The van der Waals surface area contributed by atoms with Crippen LogP contribution in [0.4, 0.5) is 0 Å². The van der Waals surface area contributed by atoms with Gasteiger partial charge in [0.25, 0.3) is 0 Å². The molecule has 2 aliphatic rings. The van der Waals surface area contributed by atoms with Crippen LogP contribution in [0.5, 0.6) is 0 Å². The number of benzene rings is 1. The Morgan fingerprint density at radius 1 is 1.24 bits per heavy atom. The Labute approximate surface area is 136 Å². The van der Waals surface area contributed by atoms with Crippen LogP contribution in [0.1, 0.15) is 32.6 Å². The first-order valence-electron chi connectivity index (χ1n) is 7.34. The fourth-order valence-electron chi connectivity index (χ4n) is 3.99. The van der Waals surface area contributed by atoms with Crippen LogP contribution in [0.25, 0.3) is 0 Å². The quantitative estimate of drug-likeness (QED) is 0.891. The van der Waals surface area contributed by atoms with E-state index in [0.29, 0.717) is 16.9 Å². The summed E-state index contributed by atoms with van der Waals surface area (Å²) in [5, 5.41) is 0.569. The first-order chi connectivity index (χ1) is 9.87. The van der Waals surface area contributed by atoms with E-state index >= 15 is 0 Å². The van der Waals surface area contributed by atoms with Crippen LogP contribution < -0.4 is 4.72 Å². The molecule has 3 rings (SSSR count). The molecule has 6 heteroatoms. The molecule has 116 valence electrons. The molecule has 0 amide bonds. The molecule has 1 N–H and O–H groups in total.